The molecule has 1 fully saturated rings. The zero-order valence-electron chi connectivity index (χ0n) is 19.6. The molecule has 0 spiro atoms. The van der Waals surface area contributed by atoms with Crippen molar-refractivity contribution in [3.63, 3.8) is 0 Å². The molecular formula is C28H32N2O4. The van der Waals surface area contributed by atoms with Gasteiger partial charge < -0.3 is 14.4 Å². The number of benzene rings is 3. The fourth-order valence-corrected chi connectivity index (χ4v) is 4.42. The van der Waals surface area contributed by atoms with Gasteiger partial charge in [0.25, 0.3) is 0 Å². The van der Waals surface area contributed by atoms with E-state index >= 15 is 0 Å². The van der Waals surface area contributed by atoms with Crippen molar-refractivity contribution < 1.29 is 14.4 Å². The largest absolute Gasteiger partial charge is 0.487 e. The van der Waals surface area contributed by atoms with Crippen molar-refractivity contribution in [1.82, 2.24) is 4.90 Å². The number of nitro groups is 1. The normalized spacial score (nSPS) is 14.9. The lowest BCUT2D eigenvalue weighted by Gasteiger charge is -2.34. The first kappa shape index (κ1) is 23.9. The highest BCUT2D eigenvalue weighted by molar-refractivity contribution is 5.48. The summed E-state index contributed by atoms with van der Waals surface area (Å²) in [5.41, 5.74) is 3.33. The molecule has 0 radical (unpaired) electrons. The van der Waals surface area contributed by atoms with Crippen molar-refractivity contribution in [2.24, 2.45) is 0 Å². The third kappa shape index (κ3) is 6.43. The van der Waals surface area contributed by atoms with Crippen LogP contribution in [0.4, 0.5) is 5.69 Å². The molecule has 0 aromatic heterocycles. The standard InChI is InChI=1S/C28H32N2O4/c1-22-13-14-26(30(31)32)27(21-22)33-20-8-17-29-18-15-25(16-19-29)34-28(23-9-4-2-5-10-23)24-11-6-3-7-12-24/h2-7,9-14,21,25,28H,8,15-20H2,1H3. The Balaban J connectivity index is 1.25. The van der Waals surface area contributed by atoms with Crippen LogP contribution in [0.25, 0.3) is 0 Å². The highest BCUT2D eigenvalue weighted by atomic mass is 16.6. The van der Waals surface area contributed by atoms with E-state index in [1.54, 1.807) is 12.1 Å². The molecule has 0 aliphatic carbocycles. The Kier molecular flexibility index (Phi) is 8.28. The Morgan fingerprint density at radius 1 is 0.971 bits per heavy atom. The molecule has 0 amide bonds. The molecule has 34 heavy (non-hydrogen) atoms. The molecule has 0 bridgehead atoms. The molecule has 6 heteroatoms. The lowest BCUT2D eigenvalue weighted by Crippen LogP contribution is -2.38. The number of piperidine rings is 1. The maximum absolute atomic E-state index is 11.2. The summed E-state index contributed by atoms with van der Waals surface area (Å²) in [6, 6.07) is 25.8. The van der Waals surface area contributed by atoms with E-state index in [9.17, 15) is 10.1 Å². The minimum atomic E-state index is -0.391. The second-order valence-corrected chi connectivity index (χ2v) is 8.81. The van der Waals surface area contributed by atoms with Crippen molar-refractivity contribution in [2.45, 2.75) is 38.4 Å². The molecular weight excluding hydrogens is 428 g/mol. The number of nitro benzene ring substituents is 1. The summed E-state index contributed by atoms with van der Waals surface area (Å²) in [6.45, 7) is 5.23. The summed E-state index contributed by atoms with van der Waals surface area (Å²) in [5, 5.41) is 11.2. The molecule has 1 aliphatic rings. The molecule has 4 rings (SSSR count). The number of hydrogen-bond acceptors (Lipinski definition) is 5. The van der Waals surface area contributed by atoms with E-state index in [0.29, 0.717) is 12.4 Å². The molecule has 1 aliphatic heterocycles. The van der Waals surface area contributed by atoms with E-state index in [1.807, 2.05) is 19.1 Å². The first-order valence-electron chi connectivity index (χ1n) is 12.0. The van der Waals surface area contributed by atoms with Crippen molar-refractivity contribution in [3.05, 3.63) is 106 Å². The summed E-state index contributed by atoms with van der Waals surface area (Å²) < 4.78 is 12.4. The van der Waals surface area contributed by atoms with Gasteiger partial charge in [0, 0.05) is 25.7 Å². The van der Waals surface area contributed by atoms with E-state index in [2.05, 4.69) is 53.4 Å². The number of aryl methyl sites for hydroxylation is 1. The zero-order chi connectivity index (χ0) is 23.8. The highest BCUT2D eigenvalue weighted by Crippen LogP contribution is 2.30. The third-order valence-corrected chi connectivity index (χ3v) is 6.26. The molecule has 0 saturated carbocycles. The van der Waals surface area contributed by atoms with Gasteiger partial charge in [-0.05, 0) is 48.9 Å². The lowest BCUT2D eigenvalue weighted by atomic mass is 10.00. The van der Waals surface area contributed by atoms with Crippen LogP contribution in [0.1, 0.15) is 42.1 Å². The molecule has 3 aromatic rings. The van der Waals surface area contributed by atoms with Crippen LogP contribution in [-0.2, 0) is 4.74 Å². The number of hydrogen-bond donors (Lipinski definition) is 0. The van der Waals surface area contributed by atoms with Crippen molar-refractivity contribution in [2.75, 3.05) is 26.2 Å². The third-order valence-electron chi connectivity index (χ3n) is 6.26. The fraction of sp³-hybridized carbons (Fsp3) is 0.357. The highest BCUT2D eigenvalue weighted by Gasteiger charge is 2.24. The number of likely N-dealkylation sites (tertiary alicyclic amines) is 1. The van der Waals surface area contributed by atoms with Crippen molar-refractivity contribution in [1.29, 1.82) is 0 Å². The molecule has 3 aromatic carbocycles. The predicted molar refractivity (Wildman–Crippen MR) is 133 cm³/mol. The van der Waals surface area contributed by atoms with Gasteiger partial charge in [0.15, 0.2) is 5.75 Å². The molecule has 1 heterocycles. The maximum atomic E-state index is 11.2. The van der Waals surface area contributed by atoms with Crippen LogP contribution in [0, 0.1) is 17.0 Å². The average molecular weight is 461 g/mol. The summed E-state index contributed by atoms with van der Waals surface area (Å²) in [7, 11) is 0. The fourth-order valence-electron chi connectivity index (χ4n) is 4.42. The van der Waals surface area contributed by atoms with Gasteiger partial charge in [0.05, 0.1) is 17.6 Å². The maximum Gasteiger partial charge on any atom is 0.310 e. The van der Waals surface area contributed by atoms with Gasteiger partial charge in [-0.1, -0.05) is 66.7 Å². The Bertz CT molecular complexity index is 1010. The van der Waals surface area contributed by atoms with Crippen molar-refractivity contribution in [3.8, 4) is 5.75 Å². The lowest BCUT2D eigenvalue weighted by molar-refractivity contribution is -0.385. The van der Waals surface area contributed by atoms with Crippen LogP contribution in [-0.4, -0.2) is 42.2 Å². The van der Waals surface area contributed by atoms with Crippen LogP contribution in [0.2, 0.25) is 0 Å². The Labute approximate surface area is 201 Å². The van der Waals surface area contributed by atoms with Gasteiger partial charge in [-0.2, -0.15) is 0 Å². The summed E-state index contributed by atoms with van der Waals surface area (Å²) in [6.07, 6.45) is 2.96. The van der Waals surface area contributed by atoms with E-state index in [4.69, 9.17) is 9.47 Å². The molecule has 1 saturated heterocycles. The van der Waals surface area contributed by atoms with Gasteiger partial charge in [-0.3, -0.25) is 10.1 Å². The van der Waals surface area contributed by atoms with Crippen LogP contribution in [0.5, 0.6) is 5.75 Å². The van der Waals surface area contributed by atoms with Crippen LogP contribution >= 0.6 is 0 Å². The molecule has 178 valence electrons. The quantitative estimate of drug-likeness (QED) is 0.213. The van der Waals surface area contributed by atoms with Gasteiger partial charge >= 0.3 is 5.69 Å². The Hall–Kier alpha value is -3.22. The van der Waals surface area contributed by atoms with E-state index in [-0.39, 0.29) is 17.9 Å². The first-order valence-corrected chi connectivity index (χ1v) is 12.0. The van der Waals surface area contributed by atoms with Crippen LogP contribution in [0.15, 0.2) is 78.9 Å². The van der Waals surface area contributed by atoms with Gasteiger partial charge in [0.1, 0.15) is 6.10 Å². The van der Waals surface area contributed by atoms with Crippen LogP contribution < -0.4 is 4.74 Å². The number of rotatable bonds is 10. The summed E-state index contributed by atoms with van der Waals surface area (Å²) >= 11 is 0. The monoisotopic (exact) mass is 460 g/mol. The minimum absolute atomic E-state index is 0.0231. The topological polar surface area (TPSA) is 64.8 Å². The number of ether oxygens (including phenoxy) is 2. The Morgan fingerprint density at radius 3 is 2.18 bits per heavy atom. The Morgan fingerprint density at radius 2 is 1.59 bits per heavy atom. The summed E-state index contributed by atoms with van der Waals surface area (Å²) in [4.78, 5) is 13.2. The van der Waals surface area contributed by atoms with Gasteiger partial charge in [-0.15, -0.1) is 0 Å². The smallest absolute Gasteiger partial charge is 0.310 e. The summed E-state index contributed by atoms with van der Waals surface area (Å²) in [5.74, 6) is 0.352. The van der Waals surface area contributed by atoms with E-state index < -0.39 is 4.92 Å². The molecule has 0 N–H and O–H groups in total. The van der Waals surface area contributed by atoms with Gasteiger partial charge in [0.2, 0.25) is 0 Å². The average Bonchev–Trinajstić information content (AvgIpc) is 2.87. The second kappa shape index (κ2) is 11.8. The van der Waals surface area contributed by atoms with E-state index in [1.165, 1.54) is 17.2 Å². The van der Waals surface area contributed by atoms with Gasteiger partial charge in [-0.25, -0.2) is 0 Å². The molecule has 0 atom stereocenters. The molecule has 6 nitrogen and oxygen atoms in total. The first-order chi connectivity index (χ1) is 16.6. The minimum Gasteiger partial charge on any atom is -0.487 e. The van der Waals surface area contributed by atoms with E-state index in [0.717, 1.165) is 44.5 Å². The number of nitrogens with zero attached hydrogens (tertiary/aromatic N) is 2. The van der Waals surface area contributed by atoms with Crippen molar-refractivity contribution >= 4 is 5.69 Å². The second-order valence-electron chi connectivity index (χ2n) is 8.81. The van der Waals surface area contributed by atoms with Crippen LogP contribution in [0.3, 0.4) is 0 Å². The predicted octanol–water partition coefficient (Wildman–Crippen LogP) is 5.94. The zero-order valence-corrected chi connectivity index (χ0v) is 19.6. The molecule has 0 unspecified atom stereocenters. The SMILES string of the molecule is Cc1ccc([N+](=O)[O-])c(OCCCN2CCC(OC(c3ccccc3)c3ccccc3)CC2)c1.